The molecule has 1 aromatic heterocycles. The van der Waals surface area contributed by atoms with Gasteiger partial charge in [-0.1, -0.05) is 29.8 Å². The molecule has 0 saturated carbocycles. The number of nitrogens with zero attached hydrogens (tertiary/aromatic N) is 3. The minimum atomic E-state index is -0.526. The number of rotatable bonds is 3. The van der Waals surface area contributed by atoms with Gasteiger partial charge >= 0.3 is 0 Å². The second kappa shape index (κ2) is 6.02. The molecule has 3 aromatic rings. The summed E-state index contributed by atoms with van der Waals surface area (Å²) in [6, 6.07) is 14.4. The molecular formula is C16H10ClN3O3. The summed E-state index contributed by atoms with van der Waals surface area (Å²) < 4.78 is 1.22. The van der Waals surface area contributed by atoms with Crippen molar-refractivity contribution in [3.63, 3.8) is 0 Å². The van der Waals surface area contributed by atoms with E-state index < -0.39 is 4.92 Å². The molecule has 0 radical (unpaired) electrons. The third kappa shape index (κ3) is 2.84. The standard InChI is InChI=1S/C16H10ClN3O3/c17-14-10-12(20(22)23)6-7-13(14)15-8-9-18-19(15)16(21)11-4-2-1-3-5-11/h1-10H. The van der Waals surface area contributed by atoms with Gasteiger partial charge in [-0.15, -0.1) is 0 Å². The zero-order valence-corrected chi connectivity index (χ0v) is 12.5. The molecular weight excluding hydrogens is 318 g/mol. The van der Waals surface area contributed by atoms with Crippen molar-refractivity contribution in [3.8, 4) is 11.3 Å². The maximum Gasteiger partial charge on any atom is 0.278 e. The Balaban J connectivity index is 2.05. The number of hydrogen-bond donors (Lipinski definition) is 0. The van der Waals surface area contributed by atoms with Crippen molar-refractivity contribution in [2.45, 2.75) is 0 Å². The molecule has 2 aromatic carbocycles. The predicted octanol–water partition coefficient (Wildman–Crippen LogP) is 3.80. The number of carbonyl (C=O) groups excluding carboxylic acids is 1. The van der Waals surface area contributed by atoms with Gasteiger partial charge in [0.2, 0.25) is 0 Å². The second-order valence-corrected chi connectivity index (χ2v) is 5.13. The van der Waals surface area contributed by atoms with E-state index >= 15 is 0 Å². The quantitative estimate of drug-likeness (QED) is 0.541. The largest absolute Gasteiger partial charge is 0.278 e. The third-order valence-corrected chi connectivity index (χ3v) is 3.61. The van der Waals surface area contributed by atoms with Crippen molar-refractivity contribution in [2.24, 2.45) is 0 Å². The van der Waals surface area contributed by atoms with Gasteiger partial charge in [-0.25, -0.2) is 0 Å². The van der Waals surface area contributed by atoms with Gasteiger partial charge in [0, 0.05) is 23.3 Å². The van der Waals surface area contributed by atoms with Gasteiger partial charge in [-0.05, 0) is 24.3 Å². The summed E-state index contributed by atoms with van der Waals surface area (Å²) in [5, 5.41) is 15.0. The van der Waals surface area contributed by atoms with E-state index in [1.54, 1.807) is 30.3 Å². The van der Waals surface area contributed by atoms with Crippen molar-refractivity contribution in [3.05, 3.63) is 81.5 Å². The van der Waals surface area contributed by atoms with Gasteiger partial charge in [0.05, 0.1) is 21.8 Å². The van der Waals surface area contributed by atoms with Crippen molar-refractivity contribution in [2.75, 3.05) is 0 Å². The fraction of sp³-hybridized carbons (Fsp3) is 0. The molecule has 0 N–H and O–H groups in total. The first-order valence-electron chi connectivity index (χ1n) is 6.66. The highest BCUT2D eigenvalue weighted by Crippen LogP contribution is 2.31. The number of nitro benzene ring substituents is 1. The molecule has 0 atom stereocenters. The van der Waals surface area contributed by atoms with Gasteiger partial charge in [0.15, 0.2) is 0 Å². The highest BCUT2D eigenvalue weighted by Gasteiger charge is 2.18. The number of carbonyl (C=O) groups is 1. The van der Waals surface area contributed by atoms with E-state index in [0.29, 0.717) is 16.8 Å². The molecule has 3 rings (SSSR count). The van der Waals surface area contributed by atoms with Gasteiger partial charge in [-0.3, -0.25) is 14.9 Å². The molecule has 0 bridgehead atoms. The van der Waals surface area contributed by atoms with E-state index in [0.717, 1.165) is 0 Å². The van der Waals surface area contributed by atoms with Crippen LogP contribution in [0.15, 0.2) is 60.8 Å². The molecule has 7 heteroatoms. The average Bonchev–Trinajstić information content (AvgIpc) is 3.04. The molecule has 0 unspecified atom stereocenters. The minimum Gasteiger partial charge on any atom is -0.267 e. The van der Waals surface area contributed by atoms with Crippen LogP contribution in [-0.2, 0) is 0 Å². The van der Waals surface area contributed by atoms with Crippen LogP contribution >= 0.6 is 11.6 Å². The highest BCUT2D eigenvalue weighted by atomic mass is 35.5. The number of hydrogen-bond acceptors (Lipinski definition) is 4. The molecule has 23 heavy (non-hydrogen) atoms. The smallest absolute Gasteiger partial charge is 0.267 e. The first kappa shape index (κ1) is 14.9. The van der Waals surface area contributed by atoms with Crippen LogP contribution in [0, 0.1) is 10.1 Å². The molecule has 0 aliphatic rings. The van der Waals surface area contributed by atoms with Crippen LogP contribution in [0.3, 0.4) is 0 Å². The molecule has 114 valence electrons. The number of nitro groups is 1. The summed E-state index contributed by atoms with van der Waals surface area (Å²) in [5.74, 6) is -0.306. The lowest BCUT2D eigenvalue weighted by Gasteiger charge is -2.08. The van der Waals surface area contributed by atoms with E-state index in [1.807, 2.05) is 6.07 Å². The fourth-order valence-corrected chi connectivity index (χ4v) is 2.47. The second-order valence-electron chi connectivity index (χ2n) is 4.72. The maximum absolute atomic E-state index is 12.5. The van der Waals surface area contributed by atoms with Crippen molar-refractivity contribution < 1.29 is 9.72 Å². The summed E-state index contributed by atoms with van der Waals surface area (Å²) >= 11 is 6.13. The molecule has 0 amide bonds. The lowest BCUT2D eigenvalue weighted by molar-refractivity contribution is -0.384. The predicted molar refractivity (Wildman–Crippen MR) is 85.5 cm³/mol. The van der Waals surface area contributed by atoms with Crippen molar-refractivity contribution >= 4 is 23.2 Å². The van der Waals surface area contributed by atoms with Gasteiger partial charge in [-0.2, -0.15) is 9.78 Å². The molecule has 6 nitrogen and oxygen atoms in total. The van der Waals surface area contributed by atoms with E-state index in [4.69, 9.17) is 11.6 Å². The summed E-state index contributed by atoms with van der Waals surface area (Å²) in [6.07, 6.45) is 1.48. The summed E-state index contributed by atoms with van der Waals surface area (Å²) in [5.41, 5.74) is 1.34. The van der Waals surface area contributed by atoms with Crippen LogP contribution in [0.5, 0.6) is 0 Å². The monoisotopic (exact) mass is 327 g/mol. The number of aromatic nitrogens is 2. The number of halogens is 1. The summed E-state index contributed by atoms with van der Waals surface area (Å²) in [6.45, 7) is 0. The third-order valence-electron chi connectivity index (χ3n) is 3.30. The van der Waals surface area contributed by atoms with Crippen LogP contribution < -0.4 is 0 Å². The van der Waals surface area contributed by atoms with Crippen LogP contribution in [0.4, 0.5) is 5.69 Å². The minimum absolute atomic E-state index is 0.112. The number of benzene rings is 2. The van der Waals surface area contributed by atoms with Crippen molar-refractivity contribution in [1.29, 1.82) is 0 Å². The molecule has 0 fully saturated rings. The lowest BCUT2D eigenvalue weighted by atomic mass is 10.1. The Kier molecular flexibility index (Phi) is 3.91. The Hall–Kier alpha value is -2.99. The Bertz CT molecular complexity index is 891. The SMILES string of the molecule is O=C(c1ccccc1)n1nccc1-c1ccc([N+](=O)[O-])cc1Cl. The topological polar surface area (TPSA) is 78.0 Å². The van der Waals surface area contributed by atoms with E-state index in [2.05, 4.69) is 5.10 Å². The first-order chi connectivity index (χ1) is 11.1. The van der Waals surface area contributed by atoms with E-state index in [9.17, 15) is 14.9 Å². The van der Waals surface area contributed by atoms with E-state index in [-0.39, 0.29) is 16.6 Å². The zero-order valence-electron chi connectivity index (χ0n) is 11.7. The zero-order chi connectivity index (χ0) is 16.4. The average molecular weight is 328 g/mol. The molecule has 0 spiro atoms. The Morgan fingerprint density at radius 1 is 1.13 bits per heavy atom. The van der Waals surface area contributed by atoms with Crippen molar-refractivity contribution in [1.82, 2.24) is 9.78 Å². The van der Waals surface area contributed by atoms with Crippen LogP contribution in [0.2, 0.25) is 5.02 Å². The number of non-ortho nitro benzene ring substituents is 1. The Labute approximate surface area is 136 Å². The Morgan fingerprint density at radius 3 is 2.52 bits per heavy atom. The Morgan fingerprint density at radius 2 is 1.87 bits per heavy atom. The molecule has 0 aliphatic carbocycles. The molecule has 0 aliphatic heterocycles. The maximum atomic E-state index is 12.5. The highest BCUT2D eigenvalue weighted by molar-refractivity contribution is 6.33. The van der Waals surface area contributed by atoms with Gasteiger partial charge in [0.1, 0.15) is 0 Å². The normalized spacial score (nSPS) is 10.5. The first-order valence-corrected chi connectivity index (χ1v) is 7.04. The van der Waals surface area contributed by atoms with Crippen LogP contribution in [0.1, 0.15) is 10.4 Å². The molecule has 1 heterocycles. The van der Waals surface area contributed by atoms with Gasteiger partial charge in [0.25, 0.3) is 11.6 Å². The summed E-state index contributed by atoms with van der Waals surface area (Å²) in [7, 11) is 0. The van der Waals surface area contributed by atoms with Crippen LogP contribution in [-0.4, -0.2) is 20.6 Å². The fourth-order valence-electron chi connectivity index (χ4n) is 2.20. The van der Waals surface area contributed by atoms with Crippen LogP contribution in [0.25, 0.3) is 11.3 Å². The van der Waals surface area contributed by atoms with E-state index in [1.165, 1.54) is 29.1 Å². The lowest BCUT2D eigenvalue weighted by Crippen LogP contribution is -2.14. The summed E-state index contributed by atoms with van der Waals surface area (Å²) in [4.78, 5) is 22.8. The molecule has 0 saturated heterocycles. The van der Waals surface area contributed by atoms with Gasteiger partial charge < -0.3 is 0 Å².